The first-order valence-corrected chi connectivity index (χ1v) is 13.0. The minimum absolute atomic E-state index is 0.0135. The number of nitrogens with one attached hydrogen (secondary N) is 2. The average Bonchev–Trinajstić information content (AvgIpc) is 3.30. The van der Waals surface area contributed by atoms with E-state index in [1.807, 2.05) is 6.07 Å². The van der Waals surface area contributed by atoms with E-state index < -0.39 is 29.1 Å². The van der Waals surface area contributed by atoms with E-state index in [1.165, 1.54) is 11.3 Å². The van der Waals surface area contributed by atoms with Gasteiger partial charge in [-0.15, -0.1) is 11.3 Å². The minimum Gasteiger partial charge on any atom is -0.490 e. The third kappa shape index (κ3) is 6.75. The number of thiophene rings is 1. The number of halogens is 3. The molecule has 0 bridgehead atoms. The molecule has 1 heterocycles. The fourth-order valence-electron chi connectivity index (χ4n) is 4.25. The number of carboxylic acids is 1. The monoisotopic (exact) mass is 550 g/mol. The molecule has 0 spiro atoms. The number of amides is 2. The van der Waals surface area contributed by atoms with Crippen LogP contribution in [0.2, 0.25) is 5.02 Å². The standard InChI is InChI=1S/C26H25ClF2N2O5S/c27-17-6-5-16-9-23(37-22(16)10-17)25(33)31-8-7-30-24(32)18-11-20(29)21(12-19(18)28)36-13-14-1-3-15(4-2-14)26(34)35/h5-6,9-12,14-15H,1-4,7-8,13H2,(H,30,32)(H,31,33)(H,34,35). The summed E-state index contributed by atoms with van der Waals surface area (Å²) in [7, 11) is 0. The van der Waals surface area contributed by atoms with E-state index in [-0.39, 0.29) is 43.2 Å². The summed E-state index contributed by atoms with van der Waals surface area (Å²) in [6.07, 6.45) is 2.32. The van der Waals surface area contributed by atoms with Crippen molar-refractivity contribution in [1.29, 1.82) is 0 Å². The van der Waals surface area contributed by atoms with Gasteiger partial charge in [0.2, 0.25) is 0 Å². The molecule has 1 aromatic heterocycles. The number of carbonyl (C=O) groups excluding carboxylic acids is 2. The fourth-order valence-corrected chi connectivity index (χ4v) is 5.50. The minimum atomic E-state index is -0.934. The number of fused-ring (bicyclic) bond motifs is 1. The van der Waals surface area contributed by atoms with Crippen molar-refractivity contribution in [1.82, 2.24) is 10.6 Å². The van der Waals surface area contributed by atoms with E-state index in [0.717, 1.165) is 22.2 Å². The van der Waals surface area contributed by atoms with Crippen molar-refractivity contribution in [2.24, 2.45) is 11.8 Å². The van der Waals surface area contributed by atoms with Gasteiger partial charge in [-0.2, -0.15) is 0 Å². The van der Waals surface area contributed by atoms with Crippen LogP contribution < -0.4 is 15.4 Å². The molecule has 0 aliphatic heterocycles. The van der Waals surface area contributed by atoms with E-state index in [4.69, 9.17) is 21.4 Å². The van der Waals surface area contributed by atoms with Gasteiger partial charge < -0.3 is 20.5 Å². The average molecular weight is 551 g/mol. The zero-order valence-corrected chi connectivity index (χ0v) is 21.3. The van der Waals surface area contributed by atoms with Gasteiger partial charge in [0.1, 0.15) is 5.82 Å². The Hall–Kier alpha value is -3.24. The number of carboxylic acid groups (broad SMARTS) is 1. The fraction of sp³-hybridized carbons (Fsp3) is 0.346. The number of ether oxygens (including phenoxy) is 1. The molecule has 1 aliphatic rings. The van der Waals surface area contributed by atoms with Crippen molar-refractivity contribution >= 4 is 50.8 Å². The first kappa shape index (κ1) is 26.8. The molecule has 11 heteroatoms. The molecule has 7 nitrogen and oxygen atoms in total. The second-order valence-corrected chi connectivity index (χ2v) is 10.5. The summed E-state index contributed by atoms with van der Waals surface area (Å²) in [6, 6.07) is 8.69. The second kappa shape index (κ2) is 11.9. The Bertz CT molecular complexity index is 1320. The maximum Gasteiger partial charge on any atom is 0.306 e. The van der Waals surface area contributed by atoms with Crippen molar-refractivity contribution in [3.05, 3.63) is 63.5 Å². The van der Waals surface area contributed by atoms with Crippen molar-refractivity contribution < 1.29 is 33.0 Å². The Morgan fingerprint density at radius 1 is 0.973 bits per heavy atom. The molecule has 0 saturated heterocycles. The third-order valence-corrected chi connectivity index (χ3v) is 7.67. The van der Waals surface area contributed by atoms with E-state index >= 15 is 0 Å². The number of hydrogen-bond donors (Lipinski definition) is 3. The van der Waals surface area contributed by atoms with E-state index in [2.05, 4.69) is 10.6 Å². The molecule has 2 amide bonds. The van der Waals surface area contributed by atoms with E-state index in [0.29, 0.717) is 35.6 Å². The Morgan fingerprint density at radius 2 is 1.68 bits per heavy atom. The zero-order chi connectivity index (χ0) is 26.5. The lowest BCUT2D eigenvalue weighted by Gasteiger charge is -2.26. The van der Waals surface area contributed by atoms with Crippen molar-refractivity contribution in [3.63, 3.8) is 0 Å². The third-order valence-electron chi connectivity index (χ3n) is 6.34. The molecule has 3 N–H and O–H groups in total. The molecule has 3 aromatic rings. The summed E-state index contributed by atoms with van der Waals surface area (Å²) < 4.78 is 35.3. The number of hydrogen-bond acceptors (Lipinski definition) is 5. The Labute approximate surface area is 220 Å². The smallest absolute Gasteiger partial charge is 0.306 e. The zero-order valence-electron chi connectivity index (χ0n) is 19.7. The lowest BCUT2D eigenvalue weighted by atomic mass is 9.82. The summed E-state index contributed by atoms with van der Waals surface area (Å²) in [4.78, 5) is 36.3. The molecule has 0 radical (unpaired) electrons. The topological polar surface area (TPSA) is 105 Å². The SMILES string of the molecule is O=C(NCCNC(=O)c1cc(F)c(OCC2CCC(C(=O)O)CC2)cc1F)c1cc2ccc(Cl)cc2s1. The largest absolute Gasteiger partial charge is 0.490 e. The highest BCUT2D eigenvalue weighted by molar-refractivity contribution is 7.20. The van der Waals surface area contributed by atoms with E-state index in [9.17, 15) is 23.2 Å². The molecule has 1 aliphatic carbocycles. The van der Waals surface area contributed by atoms with Gasteiger partial charge in [0.15, 0.2) is 11.6 Å². The highest BCUT2D eigenvalue weighted by Gasteiger charge is 2.26. The first-order chi connectivity index (χ1) is 17.7. The van der Waals surface area contributed by atoms with Gasteiger partial charge >= 0.3 is 5.97 Å². The van der Waals surface area contributed by atoms with Crippen LogP contribution in [0.5, 0.6) is 5.75 Å². The van der Waals surface area contributed by atoms with Crippen LogP contribution in [0.25, 0.3) is 10.1 Å². The molecular formula is C26H25ClF2N2O5S. The highest BCUT2D eigenvalue weighted by atomic mass is 35.5. The molecule has 37 heavy (non-hydrogen) atoms. The summed E-state index contributed by atoms with van der Waals surface area (Å²) in [5.74, 6) is -4.37. The lowest BCUT2D eigenvalue weighted by molar-refractivity contribution is -0.143. The Balaban J connectivity index is 1.24. The van der Waals surface area contributed by atoms with Gasteiger partial charge in [-0.1, -0.05) is 17.7 Å². The van der Waals surface area contributed by atoms with Crippen molar-refractivity contribution in [2.45, 2.75) is 25.7 Å². The molecule has 0 atom stereocenters. The molecule has 0 unspecified atom stereocenters. The van der Waals surface area contributed by atoms with Gasteiger partial charge in [0.25, 0.3) is 11.8 Å². The van der Waals surface area contributed by atoms with Crippen LogP contribution in [0.15, 0.2) is 36.4 Å². The molecular weight excluding hydrogens is 526 g/mol. The van der Waals surface area contributed by atoms with Crippen LogP contribution in [0, 0.1) is 23.5 Å². The highest BCUT2D eigenvalue weighted by Crippen LogP contribution is 2.31. The molecule has 1 saturated carbocycles. The van der Waals surface area contributed by atoms with Gasteiger partial charge in [0.05, 0.1) is 23.0 Å². The van der Waals surface area contributed by atoms with E-state index in [1.54, 1.807) is 18.2 Å². The Morgan fingerprint density at radius 3 is 2.38 bits per heavy atom. The summed E-state index contributed by atoms with van der Waals surface area (Å²) in [6.45, 7) is 0.245. The normalized spacial score (nSPS) is 17.4. The predicted molar refractivity (Wildman–Crippen MR) is 136 cm³/mol. The van der Waals surface area contributed by atoms with Crippen molar-refractivity contribution in [3.8, 4) is 5.75 Å². The maximum absolute atomic E-state index is 14.5. The summed E-state index contributed by atoms with van der Waals surface area (Å²) in [5.41, 5.74) is -0.473. The van der Waals surface area contributed by atoms with Crippen LogP contribution in [0.3, 0.4) is 0 Å². The quantitative estimate of drug-likeness (QED) is 0.315. The summed E-state index contributed by atoms with van der Waals surface area (Å²) in [5, 5.41) is 15.7. The number of rotatable bonds is 9. The van der Waals surface area contributed by atoms with Crippen molar-refractivity contribution in [2.75, 3.05) is 19.7 Å². The van der Waals surface area contributed by atoms with Gasteiger partial charge in [0, 0.05) is 28.9 Å². The van der Waals surface area contributed by atoms with Gasteiger partial charge in [-0.3, -0.25) is 14.4 Å². The van der Waals surface area contributed by atoms with Crippen LogP contribution in [-0.2, 0) is 4.79 Å². The van der Waals surface area contributed by atoms with Crippen LogP contribution in [0.1, 0.15) is 45.7 Å². The van der Waals surface area contributed by atoms with Gasteiger partial charge in [-0.05, 0) is 61.3 Å². The Kier molecular flexibility index (Phi) is 8.60. The maximum atomic E-state index is 14.5. The predicted octanol–water partition coefficient (Wildman–Crippen LogP) is 5.26. The lowest BCUT2D eigenvalue weighted by Crippen LogP contribution is -2.34. The van der Waals surface area contributed by atoms with Crippen LogP contribution in [0.4, 0.5) is 8.78 Å². The second-order valence-electron chi connectivity index (χ2n) is 8.93. The molecule has 1 fully saturated rings. The first-order valence-electron chi connectivity index (χ1n) is 11.8. The number of aliphatic carboxylic acids is 1. The van der Waals surface area contributed by atoms with Crippen LogP contribution >= 0.6 is 22.9 Å². The number of carbonyl (C=O) groups is 3. The van der Waals surface area contributed by atoms with Crippen LogP contribution in [-0.4, -0.2) is 42.6 Å². The molecule has 196 valence electrons. The summed E-state index contributed by atoms with van der Waals surface area (Å²) >= 11 is 7.26. The number of benzene rings is 2. The molecule has 4 rings (SSSR count). The molecule has 2 aromatic carbocycles. The van der Waals surface area contributed by atoms with Gasteiger partial charge in [-0.25, -0.2) is 8.78 Å².